The molecule has 108 valence electrons. The molecule has 0 saturated heterocycles. The zero-order chi connectivity index (χ0) is 13.7. The third-order valence-electron chi connectivity index (χ3n) is 5.47. The number of hydrogen-bond acceptors (Lipinski definition) is 3. The van der Waals surface area contributed by atoms with Crippen molar-refractivity contribution in [2.75, 3.05) is 0 Å². The molecule has 3 aliphatic carbocycles. The van der Waals surface area contributed by atoms with Gasteiger partial charge in [-0.3, -0.25) is 4.79 Å². The molecule has 4 unspecified atom stereocenters. The van der Waals surface area contributed by atoms with Gasteiger partial charge in [0.1, 0.15) is 4.88 Å². The van der Waals surface area contributed by atoms with E-state index in [0.29, 0.717) is 17.9 Å². The number of rotatable bonds is 4. The first kappa shape index (κ1) is 12.8. The largest absolute Gasteiger partial charge is 0.349 e. The standard InChI is InChI=1S/C16H22N2OS/c1-9(13-7-10-2-3-12(13)6-10)18-15(19)14-8-17-16(20-14)11-4-5-11/h8-13H,2-7H2,1H3,(H,18,19). The van der Waals surface area contributed by atoms with Gasteiger partial charge in [0.25, 0.3) is 5.91 Å². The number of amides is 1. The molecular weight excluding hydrogens is 268 g/mol. The normalized spacial score (nSPS) is 33.4. The first-order valence-electron chi connectivity index (χ1n) is 7.97. The summed E-state index contributed by atoms with van der Waals surface area (Å²) in [5.74, 6) is 3.23. The van der Waals surface area contributed by atoms with E-state index in [4.69, 9.17) is 0 Å². The number of nitrogens with one attached hydrogen (secondary N) is 1. The van der Waals surface area contributed by atoms with Gasteiger partial charge in [-0.05, 0) is 56.8 Å². The highest BCUT2D eigenvalue weighted by Crippen LogP contribution is 2.49. The van der Waals surface area contributed by atoms with Crippen LogP contribution in [0.2, 0.25) is 0 Å². The lowest BCUT2D eigenvalue weighted by atomic mass is 9.84. The van der Waals surface area contributed by atoms with Gasteiger partial charge < -0.3 is 5.32 Å². The first-order chi connectivity index (χ1) is 9.70. The molecule has 1 aromatic heterocycles. The zero-order valence-corrected chi connectivity index (χ0v) is 12.8. The van der Waals surface area contributed by atoms with Crippen molar-refractivity contribution in [2.45, 2.75) is 57.4 Å². The molecule has 1 amide bonds. The Hall–Kier alpha value is -0.900. The van der Waals surface area contributed by atoms with Gasteiger partial charge in [0, 0.05) is 12.0 Å². The van der Waals surface area contributed by atoms with Gasteiger partial charge in [-0.15, -0.1) is 11.3 Å². The summed E-state index contributed by atoms with van der Waals surface area (Å²) in [4.78, 5) is 17.5. The minimum absolute atomic E-state index is 0.0877. The van der Waals surface area contributed by atoms with E-state index in [-0.39, 0.29) is 5.91 Å². The fraction of sp³-hybridized carbons (Fsp3) is 0.750. The Bertz CT molecular complexity index is 522. The number of hydrogen-bond donors (Lipinski definition) is 1. The molecule has 0 aromatic carbocycles. The molecular formula is C16H22N2OS. The summed E-state index contributed by atoms with van der Waals surface area (Å²) in [6, 6.07) is 0.310. The Morgan fingerprint density at radius 1 is 1.35 bits per heavy atom. The summed E-state index contributed by atoms with van der Waals surface area (Å²) in [5.41, 5.74) is 0. The summed E-state index contributed by atoms with van der Waals surface area (Å²) in [6.45, 7) is 2.19. The second kappa shape index (κ2) is 4.83. The molecule has 4 rings (SSSR count). The fourth-order valence-electron chi connectivity index (χ4n) is 4.20. The summed E-state index contributed by atoms with van der Waals surface area (Å²) in [7, 11) is 0. The monoisotopic (exact) mass is 290 g/mol. The summed E-state index contributed by atoms with van der Waals surface area (Å²) < 4.78 is 0. The van der Waals surface area contributed by atoms with Crippen molar-refractivity contribution in [1.82, 2.24) is 10.3 Å². The highest BCUT2D eigenvalue weighted by Gasteiger charge is 2.42. The summed E-state index contributed by atoms with van der Waals surface area (Å²) in [6.07, 6.45) is 9.77. The predicted molar refractivity (Wildman–Crippen MR) is 80.0 cm³/mol. The van der Waals surface area contributed by atoms with Crippen LogP contribution >= 0.6 is 11.3 Å². The second-order valence-corrected chi connectivity index (χ2v) is 8.00. The Morgan fingerprint density at radius 2 is 2.20 bits per heavy atom. The van der Waals surface area contributed by atoms with Gasteiger partial charge in [0.2, 0.25) is 0 Å². The SMILES string of the molecule is CC(NC(=O)c1cnc(C2CC2)s1)C1CC2CCC1C2. The van der Waals surface area contributed by atoms with Gasteiger partial charge in [0.15, 0.2) is 0 Å². The van der Waals surface area contributed by atoms with Crippen LogP contribution in [0.15, 0.2) is 6.20 Å². The number of aromatic nitrogens is 1. The molecule has 0 radical (unpaired) electrons. The Labute approximate surface area is 124 Å². The molecule has 1 N–H and O–H groups in total. The van der Waals surface area contributed by atoms with Gasteiger partial charge in [-0.1, -0.05) is 6.42 Å². The van der Waals surface area contributed by atoms with Crippen molar-refractivity contribution in [3.8, 4) is 0 Å². The summed E-state index contributed by atoms with van der Waals surface area (Å²) in [5, 5.41) is 4.38. The van der Waals surface area contributed by atoms with Crippen LogP contribution in [0.5, 0.6) is 0 Å². The highest BCUT2D eigenvalue weighted by atomic mass is 32.1. The zero-order valence-electron chi connectivity index (χ0n) is 12.0. The maximum Gasteiger partial charge on any atom is 0.263 e. The molecule has 0 spiro atoms. The number of fused-ring (bicyclic) bond motifs is 2. The van der Waals surface area contributed by atoms with Crippen molar-refractivity contribution >= 4 is 17.2 Å². The lowest BCUT2D eigenvalue weighted by Gasteiger charge is -2.28. The van der Waals surface area contributed by atoms with Crippen LogP contribution < -0.4 is 5.32 Å². The van der Waals surface area contributed by atoms with E-state index in [2.05, 4.69) is 17.2 Å². The van der Waals surface area contributed by atoms with E-state index in [0.717, 1.165) is 21.7 Å². The molecule has 3 fully saturated rings. The van der Waals surface area contributed by atoms with E-state index in [1.54, 1.807) is 17.5 Å². The van der Waals surface area contributed by atoms with Crippen LogP contribution in [0.25, 0.3) is 0 Å². The van der Waals surface area contributed by atoms with Crippen molar-refractivity contribution in [3.63, 3.8) is 0 Å². The van der Waals surface area contributed by atoms with Crippen LogP contribution in [0.3, 0.4) is 0 Å². The van der Waals surface area contributed by atoms with Gasteiger partial charge >= 0.3 is 0 Å². The van der Waals surface area contributed by atoms with Gasteiger partial charge in [-0.2, -0.15) is 0 Å². The molecule has 4 atom stereocenters. The molecule has 1 heterocycles. The molecule has 3 aliphatic rings. The minimum Gasteiger partial charge on any atom is -0.349 e. The maximum absolute atomic E-state index is 12.3. The van der Waals surface area contributed by atoms with Crippen LogP contribution in [-0.4, -0.2) is 16.9 Å². The van der Waals surface area contributed by atoms with E-state index in [1.165, 1.54) is 38.5 Å². The van der Waals surface area contributed by atoms with Crippen LogP contribution in [0, 0.1) is 17.8 Å². The predicted octanol–water partition coefficient (Wildman–Crippen LogP) is 3.58. The third kappa shape index (κ3) is 2.28. The second-order valence-electron chi connectivity index (χ2n) is 6.94. The lowest BCUT2D eigenvalue weighted by molar-refractivity contribution is 0.0919. The molecule has 2 bridgehead atoms. The first-order valence-corrected chi connectivity index (χ1v) is 8.79. The van der Waals surface area contributed by atoms with E-state index in [1.807, 2.05) is 0 Å². The van der Waals surface area contributed by atoms with Crippen LogP contribution in [-0.2, 0) is 0 Å². The quantitative estimate of drug-likeness (QED) is 0.921. The topological polar surface area (TPSA) is 42.0 Å². The number of nitrogens with zero attached hydrogens (tertiary/aromatic N) is 1. The fourth-order valence-corrected chi connectivity index (χ4v) is 5.19. The molecule has 20 heavy (non-hydrogen) atoms. The van der Waals surface area contributed by atoms with Crippen molar-refractivity contribution in [3.05, 3.63) is 16.1 Å². The Morgan fingerprint density at radius 3 is 2.85 bits per heavy atom. The molecule has 1 aromatic rings. The molecule has 3 saturated carbocycles. The number of thiazole rings is 1. The van der Waals surface area contributed by atoms with Crippen LogP contribution in [0.1, 0.15) is 66.0 Å². The average Bonchev–Trinajstić information content (AvgIpc) is 2.92. The molecule has 4 heteroatoms. The van der Waals surface area contributed by atoms with Gasteiger partial charge in [-0.25, -0.2) is 4.98 Å². The van der Waals surface area contributed by atoms with E-state index in [9.17, 15) is 4.79 Å². The Kier molecular flexibility index (Phi) is 3.09. The lowest BCUT2D eigenvalue weighted by Crippen LogP contribution is -2.39. The smallest absolute Gasteiger partial charge is 0.263 e. The Balaban J connectivity index is 1.38. The van der Waals surface area contributed by atoms with Crippen molar-refractivity contribution < 1.29 is 4.79 Å². The number of carbonyl (C=O) groups excluding carboxylic acids is 1. The summed E-state index contributed by atoms with van der Waals surface area (Å²) >= 11 is 1.59. The number of carbonyl (C=O) groups is 1. The van der Waals surface area contributed by atoms with Crippen LogP contribution in [0.4, 0.5) is 0 Å². The van der Waals surface area contributed by atoms with Gasteiger partial charge in [0.05, 0.1) is 11.2 Å². The molecule has 0 aliphatic heterocycles. The average molecular weight is 290 g/mol. The highest BCUT2D eigenvalue weighted by molar-refractivity contribution is 7.13. The van der Waals surface area contributed by atoms with Crippen molar-refractivity contribution in [2.24, 2.45) is 17.8 Å². The van der Waals surface area contributed by atoms with E-state index >= 15 is 0 Å². The minimum atomic E-state index is 0.0877. The van der Waals surface area contributed by atoms with Crippen molar-refractivity contribution in [1.29, 1.82) is 0 Å². The molecule has 3 nitrogen and oxygen atoms in total. The third-order valence-corrected chi connectivity index (χ3v) is 6.63. The maximum atomic E-state index is 12.3. The van der Waals surface area contributed by atoms with E-state index < -0.39 is 0 Å².